The van der Waals surface area contributed by atoms with E-state index in [1.807, 2.05) is 43.3 Å². The van der Waals surface area contributed by atoms with Gasteiger partial charge in [0, 0.05) is 25.5 Å². The summed E-state index contributed by atoms with van der Waals surface area (Å²) in [6, 6.07) is 7.56. The lowest BCUT2D eigenvalue weighted by Gasteiger charge is -2.14. The van der Waals surface area contributed by atoms with Gasteiger partial charge in [-0.25, -0.2) is 0 Å². The monoisotopic (exact) mass is 333 g/mol. The first-order valence-electron chi connectivity index (χ1n) is 6.87. The van der Waals surface area contributed by atoms with Crippen molar-refractivity contribution in [2.75, 3.05) is 35.8 Å². The Bertz CT molecular complexity index is 670. The molecule has 0 fully saturated rings. The number of amides is 1. The van der Waals surface area contributed by atoms with E-state index in [9.17, 15) is 4.79 Å². The average molecular weight is 333 g/mol. The Morgan fingerprint density at radius 2 is 1.70 bits per heavy atom. The third-order valence-corrected chi connectivity index (χ3v) is 3.91. The Balaban J connectivity index is 1.99. The van der Waals surface area contributed by atoms with E-state index in [0.29, 0.717) is 5.16 Å². The zero-order chi connectivity index (χ0) is 17.0. The van der Waals surface area contributed by atoms with Crippen LogP contribution in [0.2, 0.25) is 0 Å². The number of hydrogen-bond acceptors (Lipinski definition) is 8. The Hall–Kier alpha value is -2.55. The van der Waals surface area contributed by atoms with E-state index < -0.39 is 5.25 Å². The fraction of sp³-hybridized carbons (Fsp3) is 0.286. The van der Waals surface area contributed by atoms with Gasteiger partial charge in [-0.3, -0.25) is 4.79 Å². The summed E-state index contributed by atoms with van der Waals surface area (Å²) < 4.78 is 0. The van der Waals surface area contributed by atoms with Gasteiger partial charge in [0.05, 0.1) is 5.25 Å². The van der Waals surface area contributed by atoms with Crippen molar-refractivity contribution in [1.82, 2.24) is 15.0 Å². The minimum atomic E-state index is -0.412. The van der Waals surface area contributed by atoms with Gasteiger partial charge in [0.1, 0.15) is 0 Å². The molecule has 1 amide bonds. The van der Waals surface area contributed by atoms with E-state index in [4.69, 9.17) is 11.5 Å². The third kappa shape index (κ3) is 4.71. The number of aromatic nitrogens is 3. The molecule has 2 rings (SSSR count). The number of carbonyl (C=O) groups is 1. The molecular weight excluding hydrogens is 314 g/mol. The number of nitrogens with zero attached hydrogens (tertiary/aromatic N) is 4. The third-order valence-electron chi connectivity index (χ3n) is 2.95. The van der Waals surface area contributed by atoms with E-state index in [1.165, 1.54) is 0 Å². The first-order chi connectivity index (χ1) is 10.8. The maximum atomic E-state index is 12.2. The van der Waals surface area contributed by atoms with E-state index >= 15 is 0 Å². The zero-order valence-corrected chi connectivity index (χ0v) is 14.0. The predicted molar refractivity (Wildman–Crippen MR) is 93.4 cm³/mol. The second-order valence-corrected chi connectivity index (χ2v) is 6.33. The van der Waals surface area contributed by atoms with Crippen LogP contribution in [0.1, 0.15) is 6.92 Å². The lowest BCUT2D eigenvalue weighted by molar-refractivity contribution is -0.115. The summed E-state index contributed by atoms with van der Waals surface area (Å²) in [5, 5.41) is 2.75. The van der Waals surface area contributed by atoms with Gasteiger partial charge < -0.3 is 21.7 Å². The van der Waals surface area contributed by atoms with E-state index in [1.54, 1.807) is 6.92 Å². The summed E-state index contributed by atoms with van der Waals surface area (Å²) in [5.74, 6) is -0.0936. The molecule has 2 aromatic rings. The molecule has 122 valence electrons. The largest absolute Gasteiger partial charge is 0.378 e. The number of nitrogens with one attached hydrogen (secondary N) is 1. The van der Waals surface area contributed by atoms with Crippen molar-refractivity contribution >= 4 is 40.9 Å². The molecule has 0 aliphatic heterocycles. The van der Waals surface area contributed by atoms with Crippen molar-refractivity contribution in [2.24, 2.45) is 0 Å². The maximum absolute atomic E-state index is 12.2. The summed E-state index contributed by atoms with van der Waals surface area (Å²) >= 11 is 1.16. The SMILES string of the molecule is C[C@@H](Sc1nc(N)nc(N)n1)C(=O)Nc1ccc(N(C)C)cc1. The van der Waals surface area contributed by atoms with Crippen molar-refractivity contribution < 1.29 is 4.79 Å². The van der Waals surface area contributed by atoms with Crippen LogP contribution in [0.25, 0.3) is 0 Å². The van der Waals surface area contributed by atoms with Crippen LogP contribution in [-0.4, -0.2) is 40.2 Å². The second-order valence-electron chi connectivity index (χ2n) is 5.03. The van der Waals surface area contributed by atoms with Crippen LogP contribution in [0.15, 0.2) is 29.4 Å². The van der Waals surface area contributed by atoms with Gasteiger partial charge in [-0.15, -0.1) is 0 Å². The molecule has 0 bridgehead atoms. The smallest absolute Gasteiger partial charge is 0.237 e. The highest BCUT2D eigenvalue weighted by Crippen LogP contribution is 2.22. The molecule has 0 aliphatic carbocycles. The van der Waals surface area contributed by atoms with Crippen LogP contribution >= 0.6 is 11.8 Å². The number of hydrogen-bond donors (Lipinski definition) is 3. The number of anilines is 4. The summed E-state index contributed by atoms with van der Waals surface area (Å²) in [5.41, 5.74) is 12.8. The molecule has 9 heteroatoms. The molecule has 0 aliphatic rings. The van der Waals surface area contributed by atoms with Gasteiger partial charge in [0.15, 0.2) is 5.16 Å². The van der Waals surface area contributed by atoms with Crippen LogP contribution in [0, 0.1) is 0 Å². The highest BCUT2D eigenvalue weighted by molar-refractivity contribution is 8.00. The van der Waals surface area contributed by atoms with Gasteiger partial charge in [-0.05, 0) is 31.2 Å². The Morgan fingerprint density at radius 1 is 1.13 bits per heavy atom. The minimum absolute atomic E-state index is 0.0342. The van der Waals surface area contributed by atoms with Gasteiger partial charge in [0.2, 0.25) is 17.8 Å². The highest BCUT2D eigenvalue weighted by Gasteiger charge is 2.17. The first kappa shape index (κ1) is 16.8. The average Bonchev–Trinajstić information content (AvgIpc) is 2.46. The summed E-state index contributed by atoms with van der Waals surface area (Å²) in [4.78, 5) is 25.8. The van der Waals surface area contributed by atoms with Crippen molar-refractivity contribution in [3.05, 3.63) is 24.3 Å². The molecule has 8 nitrogen and oxygen atoms in total. The molecule has 1 aromatic carbocycles. The van der Waals surface area contributed by atoms with Gasteiger partial charge in [-0.1, -0.05) is 11.8 Å². The normalized spacial score (nSPS) is 11.8. The van der Waals surface area contributed by atoms with E-state index in [-0.39, 0.29) is 17.8 Å². The molecule has 0 saturated carbocycles. The van der Waals surface area contributed by atoms with Crippen LogP contribution in [-0.2, 0) is 4.79 Å². The van der Waals surface area contributed by atoms with E-state index in [0.717, 1.165) is 23.1 Å². The molecule has 1 heterocycles. The number of nitrogens with two attached hydrogens (primary N) is 2. The van der Waals surface area contributed by atoms with Gasteiger partial charge in [0.25, 0.3) is 0 Å². The number of carbonyl (C=O) groups excluding carboxylic acids is 1. The summed E-state index contributed by atoms with van der Waals surface area (Å²) in [6.07, 6.45) is 0. The molecule has 1 aromatic heterocycles. The van der Waals surface area contributed by atoms with Crippen LogP contribution in [0.3, 0.4) is 0 Å². The molecule has 0 radical (unpaired) electrons. The summed E-state index contributed by atoms with van der Waals surface area (Å²) in [6.45, 7) is 1.75. The molecule has 0 unspecified atom stereocenters. The standard InChI is InChI=1S/C14H19N7OS/c1-8(23-14-19-12(15)18-13(16)20-14)11(22)17-9-4-6-10(7-5-9)21(2)3/h4-8H,1-3H3,(H,17,22)(H4,15,16,18,19,20)/t8-/m1/s1. The maximum Gasteiger partial charge on any atom is 0.237 e. The lowest BCUT2D eigenvalue weighted by Crippen LogP contribution is -2.23. The van der Waals surface area contributed by atoms with Crippen LogP contribution in [0.5, 0.6) is 0 Å². The molecule has 5 N–H and O–H groups in total. The lowest BCUT2D eigenvalue weighted by atomic mass is 10.2. The highest BCUT2D eigenvalue weighted by atomic mass is 32.2. The molecule has 1 atom stereocenters. The van der Waals surface area contributed by atoms with Gasteiger partial charge in [-0.2, -0.15) is 15.0 Å². The fourth-order valence-electron chi connectivity index (χ4n) is 1.74. The number of nitrogen functional groups attached to an aromatic ring is 2. The molecule has 23 heavy (non-hydrogen) atoms. The number of thioether (sulfide) groups is 1. The molecular formula is C14H19N7OS. The quantitative estimate of drug-likeness (QED) is 0.698. The van der Waals surface area contributed by atoms with Crippen LogP contribution in [0.4, 0.5) is 23.3 Å². The second kappa shape index (κ2) is 7.14. The Labute approximate surface area is 138 Å². The van der Waals surface area contributed by atoms with Crippen molar-refractivity contribution in [1.29, 1.82) is 0 Å². The molecule has 0 spiro atoms. The van der Waals surface area contributed by atoms with E-state index in [2.05, 4.69) is 20.3 Å². The van der Waals surface area contributed by atoms with Crippen molar-refractivity contribution in [3.63, 3.8) is 0 Å². The number of benzene rings is 1. The predicted octanol–water partition coefficient (Wildman–Crippen LogP) is 1.22. The summed E-state index contributed by atoms with van der Waals surface area (Å²) in [7, 11) is 3.91. The van der Waals surface area contributed by atoms with Gasteiger partial charge >= 0.3 is 0 Å². The Morgan fingerprint density at radius 3 is 2.22 bits per heavy atom. The minimum Gasteiger partial charge on any atom is -0.378 e. The van der Waals surface area contributed by atoms with Crippen molar-refractivity contribution in [2.45, 2.75) is 17.3 Å². The number of rotatable bonds is 5. The first-order valence-corrected chi connectivity index (χ1v) is 7.75. The topological polar surface area (TPSA) is 123 Å². The molecule has 0 saturated heterocycles. The Kier molecular flexibility index (Phi) is 5.22. The fourth-order valence-corrected chi connectivity index (χ4v) is 2.51. The van der Waals surface area contributed by atoms with Crippen molar-refractivity contribution in [3.8, 4) is 0 Å². The van der Waals surface area contributed by atoms with Crippen LogP contribution < -0.4 is 21.7 Å². The zero-order valence-electron chi connectivity index (χ0n) is 13.1.